The van der Waals surface area contributed by atoms with Gasteiger partial charge in [0.05, 0.1) is 28.7 Å². The van der Waals surface area contributed by atoms with Crippen LogP contribution in [0.3, 0.4) is 0 Å². The molecule has 0 saturated carbocycles. The number of aliphatic imine (C=N–C) groups is 1. The third-order valence-corrected chi connectivity index (χ3v) is 5.13. The maximum absolute atomic E-state index is 9.23. The number of hydrogen-bond acceptors (Lipinski definition) is 7. The van der Waals surface area contributed by atoms with Crippen molar-refractivity contribution in [1.29, 1.82) is 5.26 Å². The number of hydrogen-bond donors (Lipinski definition) is 1. The van der Waals surface area contributed by atoms with Gasteiger partial charge < -0.3 is 10.2 Å². The van der Waals surface area contributed by atoms with E-state index >= 15 is 0 Å². The van der Waals surface area contributed by atoms with E-state index in [1.165, 1.54) is 0 Å². The molecule has 0 radical (unpaired) electrons. The van der Waals surface area contributed by atoms with Gasteiger partial charge in [0.25, 0.3) is 0 Å². The summed E-state index contributed by atoms with van der Waals surface area (Å²) in [4.78, 5) is 13.6. The first-order valence-electron chi connectivity index (χ1n) is 8.36. The highest BCUT2D eigenvalue weighted by molar-refractivity contribution is 7.22. The van der Waals surface area contributed by atoms with Crippen LogP contribution in [0.1, 0.15) is 12.8 Å². The molecule has 1 unspecified atom stereocenters. The van der Waals surface area contributed by atoms with Crippen molar-refractivity contribution in [3.63, 3.8) is 0 Å². The average Bonchev–Trinajstić information content (AvgIpc) is 3.05. The van der Waals surface area contributed by atoms with Crippen molar-refractivity contribution in [2.45, 2.75) is 18.9 Å². The summed E-state index contributed by atoms with van der Waals surface area (Å²) in [6, 6.07) is 10.3. The molecule has 0 bridgehead atoms. The molecule has 3 rings (SSSR count). The molecule has 1 aliphatic heterocycles. The fourth-order valence-corrected chi connectivity index (χ4v) is 3.85. The number of rotatable bonds is 6. The van der Waals surface area contributed by atoms with Crippen LogP contribution in [0.2, 0.25) is 0 Å². The second kappa shape index (κ2) is 8.10. The van der Waals surface area contributed by atoms with Gasteiger partial charge in [-0.15, -0.1) is 0 Å². The fraction of sp³-hybridized carbons (Fsp3) is 0.389. The van der Waals surface area contributed by atoms with Crippen molar-refractivity contribution in [2.24, 2.45) is 4.99 Å². The van der Waals surface area contributed by atoms with Gasteiger partial charge in [-0.3, -0.25) is 4.90 Å². The number of benzene rings is 1. The van der Waals surface area contributed by atoms with Gasteiger partial charge in [0, 0.05) is 19.8 Å². The normalized spacial score (nSPS) is 16.8. The van der Waals surface area contributed by atoms with Crippen LogP contribution in [-0.4, -0.2) is 49.1 Å². The van der Waals surface area contributed by atoms with Gasteiger partial charge in [-0.05, 0) is 38.2 Å². The minimum Gasteiger partial charge on any atom is -0.345 e. The summed E-state index contributed by atoms with van der Waals surface area (Å²) >= 11 is 1.63. The Balaban J connectivity index is 1.93. The Kier molecular flexibility index (Phi) is 5.64. The van der Waals surface area contributed by atoms with Crippen molar-refractivity contribution >= 4 is 32.6 Å². The number of aromatic nitrogens is 1. The molecule has 1 aliphatic rings. The Bertz CT molecular complexity index is 785. The Morgan fingerprint density at radius 2 is 2.24 bits per heavy atom. The zero-order valence-electron chi connectivity index (χ0n) is 14.5. The molecule has 0 amide bonds. The van der Waals surface area contributed by atoms with E-state index in [4.69, 9.17) is 4.98 Å². The van der Waals surface area contributed by atoms with E-state index in [-0.39, 0.29) is 6.04 Å². The summed E-state index contributed by atoms with van der Waals surface area (Å²) in [7, 11) is 3.99. The summed E-state index contributed by atoms with van der Waals surface area (Å²) < 4.78 is 1.14. The molecule has 2 aromatic rings. The highest BCUT2D eigenvalue weighted by atomic mass is 32.1. The Morgan fingerprint density at radius 3 is 3.00 bits per heavy atom. The van der Waals surface area contributed by atoms with Gasteiger partial charge in [0.2, 0.25) is 5.96 Å². The van der Waals surface area contributed by atoms with Crippen molar-refractivity contribution in [3.8, 4) is 6.07 Å². The van der Waals surface area contributed by atoms with Gasteiger partial charge in [-0.2, -0.15) is 5.26 Å². The van der Waals surface area contributed by atoms with Gasteiger partial charge in [0.15, 0.2) is 5.13 Å². The SMILES string of the molecule is CNCCCN(C)C1=NC=CC(CC#N)N1c1nc2ccccc2s1. The van der Waals surface area contributed by atoms with E-state index in [1.807, 2.05) is 38.4 Å². The quantitative estimate of drug-likeness (QED) is 0.808. The van der Waals surface area contributed by atoms with Crippen molar-refractivity contribution < 1.29 is 0 Å². The third-order valence-electron chi connectivity index (χ3n) is 4.10. The number of anilines is 1. The zero-order chi connectivity index (χ0) is 17.6. The maximum Gasteiger partial charge on any atom is 0.207 e. The number of thiazole rings is 1. The number of para-hydroxylation sites is 1. The molecule has 130 valence electrons. The first kappa shape index (κ1) is 17.4. The first-order valence-corrected chi connectivity index (χ1v) is 9.18. The number of nitrogens with one attached hydrogen (secondary N) is 1. The third kappa shape index (κ3) is 3.81. The molecule has 0 saturated heterocycles. The van der Waals surface area contributed by atoms with Crippen LogP contribution >= 0.6 is 11.3 Å². The van der Waals surface area contributed by atoms with E-state index in [1.54, 1.807) is 17.5 Å². The summed E-state index contributed by atoms with van der Waals surface area (Å²) in [5.41, 5.74) is 0.977. The second-order valence-corrected chi connectivity index (χ2v) is 6.92. The molecule has 0 spiro atoms. The maximum atomic E-state index is 9.23. The summed E-state index contributed by atoms with van der Waals surface area (Å²) in [5, 5.41) is 13.3. The number of nitrogens with zero attached hydrogens (tertiary/aromatic N) is 5. The minimum absolute atomic E-state index is 0.0511. The Labute approximate surface area is 152 Å². The van der Waals surface area contributed by atoms with Crippen molar-refractivity contribution in [3.05, 3.63) is 36.5 Å². The predicted molar refractivity (Wildman–Crippen MR) is 104 cm³/mol. The van der Waals surface area contributed by atoms with E-state index in [0.717, 1.165) is 40.8 Å². The van der Waals surface area contributed by atoms with Crippen LogP contribution in [0.5, 0.6) is 0 Å². The molecule has 25 heavy (non-hydrogen) atoms. The standard InChI is InChI=1S/C18H22N6S/c1-20-11-5-13-23(2)17-21-12-9-14(8-10-19)24(17)18-22-15-6-3-4-7-16(15)25-18/h3-4,6-7,9,12,14,20H,5,8,11,13H2,1-2H3. The molecule has 1 aromatic heterocycles. The van der Waals surface area contributed by atoms with E-state index in [0.29, 0.717) is 6.42 Å². The van der Waals surface area contributed by atoms with E-state index in [2.05, 4.69) is 32.2 Å². The number of fused-ring (bicyclic) bond motifs is 1. The van der Waals surface area contributed by atoms with Gasteiger partial charge in [0.1, 0.15) is 0 Å². The lowest BCUT2D eigenvalue weighted by molar-refractivity contribution is 0.467. The molecule has 1 N–H and O–H groups in total. The Hall–Kier alpha value is -2.43. The van der Waals surface area contributed by atoms with Crippen LogP contribution in [0.25, 0.3) is 10.2 Å². The largest absolute Gasteiger partial charge is 0.345 e. The molecule has 0 fully saturated rings. The predicted octanol–water partition coefficient (Wildman–Crippen LogP) is 2.81. The van der Waals surface area contributed by atoms with Crippen LogP contribution in [-0.2, 0) is 0 Å². The summed E-state index contributed by atoms with van der Waals surface area (Å²) in [6.45, 7) is 1.84. The molecule has 1 aromatic carbocycles. The summed E-state index contributed by atoms with van der Waals surface area (Å²) in [6.07, 6.45) is 5.19. The van der Waals surface area contributed by atoms with Crippen LogP contribution in [0.15, 0.2) is 41.5 Å². The molecular formula is C18H22N6S. The van der Waals surface area contributed by atoms with E-state index in [9.17, 15) is 5.26 Å². The molecular weight excluding hydrogens is 332 g/mol. The van der Waals surface area contributed by atoms with Gasteiger partial charge in [-0.1, -0.05) is 23.5 Å². The topological polar surface area (TPSA) is 67.6 Å². The molecule has 0 aliphatic carbocycles. The monoisotopic (exact) mass is 354 g/mol. The lowest BCUT2D eigenvalue weighted by Crippen LogP contribution is -2.49. The fourth-order valence-electron chi connectivity index (χ4n) is 2.82. The van der Waals surface area contributed by atoms with Crippen molar-refractivity contribution in [2.75, 3.05) is 32.1 Å². The van der Waals surface area contributed by atoms with Gasteiger partial charge in [-0.25, -0.2) is 9.98 Å². The zero-order valence-corrected chi connectivity index (χ0v) is 15.3. The van der Waals surface area contributed by atoms with Crippen LogP contribution in [0.4, 0.5) is 5.13 Å². The van der Waals surface area contributed by atoms with Crippen LogP contribution < -0.4 is 10.2 Å². The Morgan fingerprint density at radius 1 is 1.40 bits per heavy atom. The smallest absolute Gasteiger partial charge is 0.207 e. The molecule has 1 atom stereocenters. The highest BCUT2D eigenvalue weighted by Crippen LogP contribution is 2.32. The molecule has 7 heteroatoms. The summed E-state index contributed by atoms with van der Waals surface area (Å²) in [5.74, 6) is 0.845. The second-order valence-electron chi connectivity index (χ2n) is 5.91. The number of nitriles is 1. The molecule has 6 nitrogen and oxygen atoms in total. The average molecular weight is 354 g/mol. The highest BCUT2D eigenvalue weighted by Gasteiger charge is 2.29. The van der Waals surface area contributed by atoms with E-state index < -0.39 is 0 Å². The lowest BCUT2D eigenvalue weighted by Gasteiger charge is -2.35. The first-order chi connectivity index (χ1) is 12.2. The van der Waals surface area contributed by atoms with Crippen molar-refractivity contribution in [1.82, 2.24) is 15.2 Å². The minimum atomic E-state index is -0.0511. The molecule has 2 heterocycles. The van der Waals surface area contributed by atoms with Gasteiger partial charge >= 0.3 is 0 Å². The lowest BCUT2D eigenvalue weighted by atomic mass is 10.2. The van der Waals surface area contributed by atoms with Crippen LogP contribution in [0, 0.1) is 11.3 Å². The number of guanidine groups is 1.